The van der Waals surface area contributed by atoms with Crippen molar-refractivity contribution in [1.82, 2.24) is 5.32 Å². The van der Waals surface area contributed by atoms with Gasteiger partial charge in [0.25, 0.3) is 0 Å². The molecule has 0 saturated heterocycles. The number of carbonyl (C=O) groups excluding carboxylic acids is 1. The fourth-order valence-corrected chi connectivity index (χ4v) is 3.44. The van der Waals surface area contributed by atoms with Gasteiger partial charge in [0.2, 0.25) is 5.91 Å². The summed E-state index contributed by atoms with van der Waals surface area (Å²) in [4.78, 5) is 23.5. The lowest BCUT2D eigenvalue weighted by molar-refractivity contribution is -0.144. The predicted octanol–water partition coefficient (Wildman–Crippen LogP) is 3.14. The molecule has 118 valence electrons. The van der Waals surface area contributed by atoms with Crippen LogP contribution in [0, 0.1) is 17.8 Å². The molecule has 4 nitrogen and oxygen atoms in total. The molecular weight excluding hydrogens is 278 g/mol. The first kappa shape index (κ1) is 15.1. The summed E-state index contributed by atoms with van der Waals surface area (Å²) in [6.45, 7) is 0. The van der Waals surface area contributed by atoms with E-state index < -0.39 is 5.97 Å². The van der Waals surface area contributed by atoms with E-state index in [1.807, 2.05) is 18.2 Å². The van der Waals surface area contributed by atoms with Crippen molar-refractivity contribution in [2.45, 2.75) is 44.6 Å². The van der Waals surface area contributed by atoms with Crippen LogP contribution in [0.4, 0.5) is 0 Å². The van der Waals surface area contributed by atoms with Crippen molar-refractivity contribution in [2.75, 3.05) is 0 Å². The van der Waals surface area contributed by atoms with Gasteiger partial charge in [0, 0.05) is 5.92 Å². The van der Waals surface area contributed by atoms with Crippen LogP contribution in [0.25, 0.3) is 0 Å². The van der Waals surface area contributed by atoms with Crippen molar-refractivity contribution in [2.24, 2.45) is 17.8 Å². The maximum Gasteiger partial charge on any atom is 0.306 e. The van der Waals surface area contributed by atoms with Gasteiger partial charge in [-0.3, -0.25) is 9.59 Å². The molecule has 0 heterocycles. The number of amides is 1. The van der Waals surface area contributed by atoms with E-state index in [-0.39, 0.29) is 23.8 Å². The molecule has 1 amide bonds. The van der Waals surface area contributed by atoms with E-state index in [4.69, 9.17) is 5.11 Å². The first-order chi connectivity index (χ1) is 10.6. The Kier molecular flexibility index (Phi) is 4.46. The van der Waals surface area contributed by atoms with Crippen LogP contribution in [0.1, 0.15) is 50.1 Å². The average Bonchev–Trinajstić information content (AvgIpc) is 3.38. The van der Waals surface area contributed by atoms with Gasteiger partial charge >= 0.3 is 5.97 Å². The van der Waals surface area contributed by atoms with Crippen LogP contribution in [0.15, 0.2) is 30.3 Å². The van der Waals surface area contributed by atoms with Gasteiger partial charge in [-0.25, -0.2) is 0 Å². The van der Waals surface area contributed by atoms with Crippen molar-refractivity contribution < 1.29 is 14.7 Å². The Hall–Kier alpha value is -1.84. The van der Waals surface area contributed by atoms with Crippen LogP contribution < -0.4 is 5.32 Å². The zero-order chi connectivity index (χ0) is 15.5. The first-order valence-corrected chi connectivity index (χ1v) is 8.23. The molecule has 1 aromatic rings. The number of hydrogen-bond donors (Lipinski definition) is 2. The van der Waals surface area contributed by atoms with Gasteiger partial charge in [-0.05, 0) is 50.0 Å². The molecule has 2 aliphatic rings. The van der Waals surface area contributed by atoms with Gasteiger partial charge in [0.15, 0.2) is 0 Å². The van der Waals surface area contributed by atoms with Crippen molar-refractivity contribution in [3.63, 3.8) is 0 Å². The number of carbonyl (C=O) groups is 2. The number of carboxylic acid groups (broad SMARTS) is 1. The van der Waals surface area contributed by atoms with Crippen LogP contribution >= 0.6 is 0 Å². The summed E-state index contributed by atoms with van der Waals surface area (Å²) < 4.78 is 0. The second-order valence-electron chi connectivity index (χ2n) is 6.62. The van der Waals surface area contributed by atoms with E-state index in [0.717, 1.165) is 0 Å². The van der Waals surface area contributed by atoms with E-state index >= 15 is 0 Å². The van der Waals surface area contributed by atoms with E-state index in [0.29, 0.717) is 31.6 Å². The van der Waals surface area contributed by atoms with Crippen LogP contribution in [0.2, 0.25) is 0 Å². The Morgan fingerprint density at radius 1 is 0.955 bits per heavy atom. The van der Waals surface area contributed by atoms with Crippen LogP contribution in [-0.2, 0) is 9.59 Å². The third-order valence-electron chi connectivity index (χ3n) is 5.00. The number of hydrogen-bond acceptors (Lipinski definition) is 2. The zero-order valence-corrected chi connectivity index (χ0v) is 12.7. The minimum Gasteiger partial charge on any atom is -0.481 e. The highest BCUT2D eigenvalue weighted by Gasteiger charge is 2.36. The fourth-order valence-electron chi connectivity index (χ4n) is 3.44. The summed E-state index contributed by atoms with van der Waals surface area (Å²) >= 11 is 0. The van der Waals surface area contributed by atoms with E-state index in [2.05, 4.69) is 17.4 Å². The number of rotatable bonds is 5. The standard InChI is InChI=1S/C18H23NO3/c20-17(14-8-10-15(11-9-14)18(21)22)19-16(13-6-7-13)12-4-2-1-3-5-12/h1-5,13-16H,6-11H2,(H,19,20)(H,21,22). The van der Waals surface area contributed by atoms with Crippen molar-refractivity contribution in [3.05, 3.63) is 35.9 Å². The summed E-state index contributed by atoms with van der Waals surface area (Å²) in [6.07, 6.45) is 4.96. The summed E-state index contributed by atoms with van der Waals surface area (Å²) in [6, 6.07) is 10.3. The Morgan fingerprint density at radius 2 is 1.55 bits per heavy atom. The number of benzene rings is 1. The molecule has 2 fully saturated rings. The highest BCUT2D eigenvalue weighted by molar-refractivity contribution is 5.80. The lowest BCUT2D eigenvalue weighted by Crippen LogP contribution is -2.37. The molecule has 0 aliphatic heterocycles. The molecule has 1 unspecified atom stereocenters. The van der Waals surface area contributed by atoms with E-state index in [9.17, 15) is 9.59 Å². The summed E-state index contributed by atoms with van der Waals surface area (Å²) in [5.41, 5.74) is 1.18. The molecule has 0 bridgehead atoms. The van der Waals surface area contributed by atoms with E-state index in [1.165, 1.54) is 18.4 Å². The van der Waals surface area contributed by atoms with Crippen LogP contribution in [-0.4, -0.2) is 17.0 Å². The molecular formula is C18H23NO3. The maximum absolute atomic E-state index is 12.5. The van der Waals surface area contributed by atoms with Gasteiger partial charge in [-0.15, -0.1) is 0 Å². The zero-order valence-electron chi connectivity index (χ0n) is 12.7. The third kappa shape index (κ3) is 3.49. The third-order valence-corrected chi connectivity index (χ3v) is 5.00. The number of aliphatic carboxylic acids is 1. The first-order valence-electron chi connectivity index (χ1n) is 8.23. The van der Waals surface area contributed by atoms with Crippen LogP contribution in [0.3, 0.4) is 0 Å². The monoisotopic (exact) mass is 301 g/mol. The highest BCUT2D eigenvalue weighted by atomic mass is 16.4. The van der Waals surface area contributed by atoms with Gasteiger partial charge in [0.1, 0.15) is 0 Å². The highest BCUT2D eigenvalue weighted by Crippen LogP contribution is 2.41. The lowest BCUT2D eigenvalue weighted by atomic mass is 9.81. The molecule has 1 atom stereocenters. The van der Waals surface area contributed by atoms with Gasteiger partial charge in [-0.2, -0.15) is 0 Å². The molecule has 2 aliphatic carbocycles. The van der Waals surface area contributed by atoms with Gasteiger partial charge in [-0.1, -0.05) is 30.3 Å². The minimum atomic E-state index is -0.723. The van der Waals surface area contributed by atoms with Crippen molar-refractivity contribution in [3.8, 4) is 0 Å². The normalized spacial score (nSPS) is 26.2. The minimum absolute atomic E-state index is 0.0273. The lowest BCUT2D eigenvalue weighted by Gasteiger charge is -2.27. The summed E-state index contributed by atoms with van der Waals surface area (Å²) in [5.74, 6) is -0.358. The molecule has 1 aromatic carbocycles. The second-order valence-corrected chi connectivity index (χ2v) is 6.62. The summed E-state index contributed by atoms with van der Waals surface area (Å²) in [7, 11) is 0. The molecule has 3 rings (SSSR count). The van der Waals surface area contributed by atoms with Gasteiger partial charge < -0.3 is 10.4 Å². The summed E-state index contributed by atoms with van der Waals surface area (Å²) in [5, 5.41) is 12.3. The average molecular weight is 301 g/mol. The number of nitrogens with one attached hydrogen (secondary N) is 1. The molecule has 2 saturated carbocycles. The Bertz CT molecular complexity index is 531. The van der Waals surface area contributed by atoms with E-state index in [1.54, 1.807) is 0 Å². The Labute approximate surface area is 130 Å². The van der Waals surface area contributed by atoms with Crippen molar-refractivity contribution in [1.29, 1.82) is 0 Å². The Morgan fingerprint density at radius 3 is 2.09 bits per heavy atom. The molecule has 0 aromatic heterocycles. The maximum atomic E-state index is 12.5. The largest absolute Gasteiger partial charge is 0.481 e. The predicted molar refractivity (Wildman–Crippen MR) is 83.1 cm³/mol. The van der Waals surface area contributed by atoms with Crippen molar-refractivity contribution >= 4 is 11.9 Å². The SMILES string of the molecule is O=C(O)C1CCC(C(=O)NC(c2ccccc2)C2CC2)CC1. The molecule has 22 heavy (non-hydrogen) atoms. The molecule has 4 heteroatoms. The molecule has 0 radical (unpaired) electrons. The second kappa shape index (κ2) is 6.51. The van der Waals surface area contributed by atoms with Crippen LogP contribution in [0.5, 0.6) is 0 Å². The fraction of sp³-hybridized carbons (Fsp3) is 0.556. The topological polar surface area (TPSA) is 66.4 Å². The molecule has 2 N–H and O–H groups in total. The smallest absolute Gasteiger partial charge is 0.306 e. The number of carboxylic acids is 1. The molecule has 0 spiro atoms. The Balaban J connectivity index is 1.59. The quantitative estimate of drug-likeness (QED) is 0.878. The van der Waals surface area contributed by atoms with Gasteiger partial charge in [0.05, 0.1) is 12.0 Å².